The zero-order chi connectivity index (χ0) is 25.3. The standard InChI is InChI=1S/C25H31N7O2S/c1-7-27-30-29-22(26)17-14-16-15(13-18(17)34-6)10-11-32-21(16)20(19-9-8-12-35-19)28-23(32)24(33)31(5)25(2,3)4/h8-9,12-14H,7,10-11H2,1-6H3,(H2,26,27,29). The molecule has 0 saturated carbocycles. The lowest BCUT2D eigenvalue weighted by atomic mass is 9.93. The summed E-state index contributed by atoms with van der Waals surface area (Å²) < 4.78 is 7.66. The molecule has 0 saturated heterocycles. The van der Waals surface area contributed by atoms with Crippen LogP contribution in [0.4, 0.5) is 0 Å². The number of rotatable bonds is 6. The summed E-state index contributed by atoms with van der Waals surface area (Å²) in [7, 11) is 3.42. The maximum absolute atomic E-state index is 13.5. The lowest BCUT2D eigenvalue weighted by molar-refractivity contribution is 0.0638. The fourth-order valence-corrected chi connectivity index (χ4v) is 4.71. The molecule has 4 rings (SSSR count). The highest BCUT2D eigenvalue weighted by atomic mass is 32.1. The number of aryl methyl sites for hydroxylation is 1. The minimum absolute atomic E-state index is 0.111. The topological polar surface area (TPSA) is 110 Å². The SMILES string of the molecule is CCN=NN=C(N)c1cc2c(cc1OC)CCn1c(C(=O)N(C)C(C)(C)C)nc(-c3cccs3)c1-2. The summed E-state index contributed by atoms with van der Waals surface area (Å²) in [5, 5.41) is 13.7. The number of nitrogens with two attached hydrogens (primary N) is 1. The Hall–Kier alpha value is -3.53. The average molecular weight is 494 g/mol. The fourth-order valence-electron chi connectivity index (χ4n) is 3.99. The number of hydrogen-bond acceptors (Lipinski definition) is 6. The normalized spacial score (nSPS) is 13.6. The summed E-state index contributed by atoms with van der Waals surface area (Å²) in [5.74, 6) is 1.15. The molecule has 0 radical (unpaired) electrons. The molecule has 2 N–H and O–H groups in total. The molecule has 0 unspecified atom stereocenters. The molecule has 9 nitrogen and oxygen atoms in total. The van der Waals surface area contributed by atoms with Crippen LogP contribution in [-0.2, 0) is 13.0 Å². The molecule has 1 aliphatic heterocycles. The number of fused-ring (bicyclic) bond motifs is 3. The number of thiophene rings is 1. The van der Waals surface area contributed by atoms with E-state index in [1.165, 1.54) is 0 Å². The molecule has 35 heavy (non-hydrogen) atoms. The van der Waals surface area contributed by atoms with E-state index in [0.717, 1.165) is 33.8 Å². The number of carbonyl (C=O) groups is 1. The molecule has 184 valence electrons. The van der Waals surface area contributed by atoms with Crippen LogP contribution in [0.1, 0.15) is 49.4 Å². The van der Waals surface area contributed by atoms with Crippen molar-refractivity contribution >= 4 is 23.1 Å². The van der Waals surface area contributed by atoms with Crippen LogP contribution >= 0.6 is 11.3 Å². The van der Waals surface area contributed by atoms with Gasteiger partial charge in [-0.2, -0.15) is 5.11 Å². The molecule has 10 heteroatoms. The second-order valence-electron chi connectivity index (χ2n) is 9.29. The highest BCUT2D eigenvalue weighted by Crippen LogP contribution is 2.42. The van der Waals surface area contributed by atoms with Crippen molar-refractivity contribution < 1.29 is 9.53 Å². The summed E-state index contributed by atoms with van der Waals surface area (Å²) in [6.07, 6.45) is 0.727. The quantitative estimate of drug-likeness (QED) is 0.230. The van der Waals surface area contributed by atoms with E-state index >= 15 is 0 Å². The predicted molar refractivity (Wildman–Crippen MR) is 139 cm³/mol. The Balaban J connectivity index is 1.94. The number of methoxy groups -OCH3 is 1. The summed E-state index contributed by atoms with van der Waals surface area (Å²) >= 11 is 1.59. The zero-order valence-electron chi connectivity index (χ0n) is 21.0. The Morgan fingerprint density at radius 1 is 1.34 bits per heavy atom. The first-order valence-electron chi connectivity index (χ1n) is 11.5. The van der Waals surface area contributed by atoms with Crippen LogP contribution < -0.4 is 10.5 Å². The van der Waals surface area contributed by atoms with Crippen LogP contribution in [0.3, 0.4) is 0 Å². The summed E-state index contributed by atoms with van der Waals surface area (Å²) in [6.45, 7) is 9.06. The number of nitrogens with zero attached hydrogens (tertiary/aromatic N) is 6. The van der Waals surface area contributed by atoms with E-state index in [4.69, 9.17) is 15.5 Å². The molecule has 3 aromatic rings. The number of carbonyl (C=O) groups excluding carboxylic acids is 1. The smallest absolute Gasteiger partial charge is 0.290 e. The Labute approximate surface area is 209 Å². The maximum Gasteiger partial charge on any atom is 0.290 e. The number of amidine groups is 1. The number of hydrogen-bond donors (Lipinski definition) is 1. The molecule has 1 amide bonds. The molecule has 1 aliphatic rings. The first-order valence-corrected chi connectivity index (χ1v) is 12.4. The minimum atomic E-state index is -0.336. The van der Waals surface area contributed by atoms with E-state index in [0.29, 0.717) is 30.2 Å². The molecular weight excluding hydrogens is 462 g/mol. The van der Waals surface area contributed by atoms with E-state index in [1.54, 1.807) is 23.3 Å². The molecule has 2 aromatic heterocycles. The summed E-state index contributed by atoms with van der Waals surface area (Å²) in [4.78, 5) is 21.2. The van der Waals surface area contributed by atoms with Crippen molar-refractivity contribution in [1.82, 2.24) is 14.5 Å². The van der Waals surface area contributed by atoms with Crippen LogP contribution in [0.25, 0.3) is 21.8 Å². The molecule has 1 aromatic carbocycles. The third-order valence-electron chi connectivity index (χ3n) is 6.14. The summed E-state index contributed by atoms with van der Waals surface area (Å²) in [5.41, 5.74) is 10.3. The monoisotopic (exact) mass is 493 g/mol. The molecule has 0 aliphatic carbocycles. The largest absolute Gasteiger partial charge is 0.496 e. The third-order valence-corrected chi connectivity index (χ3v) is 7.02. The van der Waals surface area contributed by atoms with Crippen LogP contribution in [0.5, 0.6) is 5.75 Å². The first-order chi connectivity index (χ1) is 16.7. The van der Waals surface area contributed by atoms with Gasteiger partial charge < -0.3 is 19.9 Å². The van der Waals surface area contributed by atoms with Gasteiger partial charge in [0, 0.05) is 24.7 Å². The van der Waals surface area contributed by atoms with Crippen LogP contribution in [-0.4, -0.2) is 52.4 Å². The lowest BCUT2D eigenvalue weighted by Gasteiger charge is -2.32. The molecule has 3 heterocycles. The minimum Gasteiger partial charge on any atom is -0.496 e. The van der Waals surface area contributed by atoms with Crippen molar-refractivity contribution in [3.63, 3.8) is 0 Å². The van der Waals surface area contributed by atoms with Crippen molar-refractivity contribution in [1.29, 1.82) is 0 Å². The van der Waals surface area contributed by atoms with Gasteiger partial charge in [0.15, 0.2) is 11.7 Å². The van der Waals surface area contributed by atoms with Crippen molar-refractivity contribution in [2.24, 2.45) is 21.2 Å². The second-order valence-corrected chi connectivity index (χ2v) is 10.2. The van der Waals surface area contributed by atoms with Gasteiger partial charge in [-0.3, -0.25) is 4.79 Å². The van der Waals surface area contributed by atoms with E-state index in [2.05, 4.69) is 15.4 Å². The van der Waals surface area contributed by atoms with Gasteiger partial charge in [0.1, 0.15) is 11.4 Å². The molecule has 0 atom stereocenters. The second kappa shape index (κ2) is 9.61. The third kappa shape index (κ3) is 4.58. The molecule has 0 bridgehead atoms. The van der Waals surface area contributed by atoms with E-state index in [-0.39, 0.29) is 17.3 Å². The van der Waals surface area contributed by atoms with Crippen LogP contribution in [0.15, 0.2) is 45.1 Å². The highest BCUT2D eigenvalue weighted by Gasteiger charge is 2.33. The number of amides is 1. The van der Waals surface area contributed by atoms with Crippen molar-refractivity contribution in [2.75, 3.05) is 20.7 Å². The Morgan fingerprint density at radius 3 is 2.74 bits per heavy atom. The van der Waals surface area contributed by atoms with E-state index in [9.17, 15) is 4.79 Å². The first kappa shape index (κ1) is 24.6. The number of benzene rings is 1. The fraction of sp³-hybridized carbons (Fsp3) is 0.400. The zero-order valence-corrected chi connectivity index (χ0v) is 21.8. The molecular formula is C25H31N7O2S. The number of imidazole rings is 1. The van der Waals surface area contributed by atoms with Gasteiger partial charge in [0.2, 0.25) is 0 Å². The van der Waals surface area contributed by atoms with Crippen LogP contribution in [0.2, 0.25) is 0 Å². The van der Waals surface area contributed by atoms with Gasteiger partial charge in [-0.15, -0.1) is 16.4 Å². The van der Waals surface area contributed by atoms with Gasteiger partial charge in [-0.1, -0.05) is 6.07 Å². The molecule has 0 spiro atoms. The summed E-state index contributed by atoms with van der Waals surface area (Å²) in [6, 6.07) is 7.96. The Bertz CT molecular complexity index is 1300. The number of aromatic nitrogens is 2. The number of ether oxygens (including phenoxy) is 1. The van der Waals surface area contributed by atoms with Gasteiger partial charge >= 0.3 is 0 Å². The maximum atomic E-state index is 13.5. The Kier molecular flexibility index (Phi) is 6.75. The van der Waals surface area contributed by atoms with Gasteiger partial charge in [0.25, 0.3) is 5.91 Å². The van der Waals surface area contributed by atoms with Gasteiger partial charge in [0.05, 0.1) is 29.8 Å². The van der Waals surface area contributed by atoms with Crippen LogP contribution in [0, 0.1) is 0 Å². The lowest BCUT2D eigenvalue weighted by Crippen LogP contribution is -2.43. The van der Waals surface area contributed by atoms with E-state index < -0.39 is 0 Å². The van der Waals surface area contributed by atoms with Gasteiger partial charge in [-0.05, 0) is 68.5 Å². The predicted octanol–water partition coefficient (Wildman–Crippen LogP) is 4.81. The Morgan fingerprint density at radius 2 is 2.11 bits per heavy atom. The molecule has 0 fully saturated rings. The van der Waals surface area contributed by atoms with Crippen molar-refractivity contribution in [2.45, 2.75) is 46.2 Å². The average Bonchev–Trinajstić information content (AvgIpc) is 3.49. The van der Waals surface area contributed by atoms with Crippen molar-refractivity contribution in [3.8, 4) is 27.6 Å². The van der Waals surface area contributed by atoms with Crippen molar-refractivity contribution in [3.05, 3.63) is 46.6 Å². The van der Waals surface area contributed by atoms with Gasteiger partial charge in [-0.25, -0.2) is 4.98 Å². The highest BCUT2D eigenvalue weighted by molar-refractivity contribution is 7.13. The van der Waals surface area contributed by atoms with E-state index in [1.807, 2.05) is 69.0 Å².